The third kappa shape index (κ3) is 4.10. The third-order valence-electron chi connectivity index (χ3n) is 5.98. The SMILES string of the molecule is O=C(NC1CCOC1)C1CCN(c2nc3cc(Cl)c(Cl)cc3n2-c2ccccn2)CC1. The monoisotopic (exact) mass is 459 g/mol. The number of fused-ring (bicyclic) bond motifs is 1. The summed E-state index contributed by atoms with van der Waals surface area (Å²) >= 11 is 12.5. The predicted molar refractivity (Wildman–Crippen MR) is 121 cm³/mol. The first kappa shape index (κ1) is 20.5. The van der Waals surface area contributed by atoms with Gasteiger partial charge in [0.15, 0.2) is 0 Å². The standard InChI is InChI=1S/C22H23Cl2N5O2/c23-16-11-18-19(12-17(16)24)29(20-3-1-2-7-25-20)22(27-18)28-8-4-14(5-9-28)21(30)26-15-6-10-31-13-15/h1-3,7,11-12,14-15H,4-6,8-10,13H2,(H,26,30). The first-order valence-electron chi connectivity index (χ1n) is 10.5. The lowest BCUT2D eigenvalue weighted by molar-refractivity contribution is -0.126. The van der Waals surface area contributed by atoms with E-state index in [-0.39, 0.29) is 17.9 Å². The molecule has 9 heteroatoms. The fourth-order valence-electron chi connectivity index (χ4n) is 4.29. The number of anilines is 1. The Hall–Kier alpha value is -2.35. The predicted octanol–water partition coefficient (Wildman–Crippen LogP) is 3.85. The average molecular weight is 460 g/mol. The molecule has 1 amide bonds. The van der Waals surface area contributed by atoms with Gasteiger partial charge < -0.3 is 15.0 Å². The Morgan fingerprint density at radius 3 is 2.65 bits per heavy atom. The molecule has 0 radical (unpaired) electrons. The molecule has 1 N–H and O–H groups in total. The Morgan fingerprint density at radius 2 is 1.94 bits per heavy atom. The van der Waals surface area contributed by atoms with Crippen LogP contribution >= 0.6 is 23.2 Å². The lowest BCUT2D eigenvalue weighted by atomic mass is 9.95. The van der Waals surface area contributed by atoms with Crippen LogP contribution in [0.1, 0.15) is 19.3 Å². The number of carbonyl (C=O) groups excluding carboxylic acids is 1. The number of aromatic nitrogens is 3. The number of rotatable bonds is 4. The minimum Gasteiger partial charge on any atom is -0.379 e. The van der Waals surface area contributed by atoms with Gasteiger partial charge in [0.2, 0.25) is 11.9 Å². The minimum atomic E-state index is 0.00779. The molecule has 7 nitrogen and oxygen atoms in total. The number of ether oxygens (including phenoxy) is 1. The summed E-state index contributed by atoms with van der Waals surface area (Å²) in [5.74, 6) is 1.69. The normalized spacial score (nSPS) is 19.8. The van der Waals surface area contributed by atoms with Crippen molar-refractivity contribution in [3.8, 4) is 5.82 Å². The van der Waals surface area contributed by atoms with Gasteiger partial charge in [-0.05, 0) is 43.5 Å². The van der Waals surface area contributed by atoms with Crippen LogP contribution in [0, 0.1) is 5.92 Å². The molecule has 0 bridgehead atoms. The van der Waals surface area contributed by atoms with Crippen LogP contribution in [-0.4, -0.2) is 52.8 Å². The molecule has 2 saturated heterocycles. The molecule has 4 heterocycles. The zero-order chi connectivity index (χ0) is 21.4. The van der Waals surface area contributed by atoms with Crippen LogP contribution in [0.15, 0.2) is 36.5 Å². The van der Waals surface area contributed by atoms with Crippen molar-refractivity contribution in [2.24, 2.45) is 5.92 Å². The second-order valence-electron chi connectivity index (χ2n) is 8.02. The molecule has 2 aliphatic rings. The molecule has 5 rings (SSSR count). The van der Waals surface area contributed by atoms with Crippen LogP contribution < -0.4 is 10.2 Å². The maximum Gasteiger partial charge on any atom is 0.223 e. The van der Waals surface area contributed by atoms with E-state index in [2.05, 4.69) is 15.2 Å². The lowest BCUT2D eigenvalue weighted by Crippen LogP contribution is -2.44. The number of carbonyl (C=O) groups is 1. The molecule has 31 heavy (non-hydrogen) atoms. The van der Waals surface area contributed by atoms with Crippen molar-refractivity contribution in [2.45, 2.75) is 25.3 Å². The maximum absolute atomic E-state index is 12.7. The third-order valence-corrected chi connectivity index (χ3v) is 6.70. The number of nitrogens with one attached hydrogen (secondary N) is 1. The van der Waals surface area contributed by atoms with Crippen molar-refractivity contribution in [1.82, 2.24) is 19.9 Å². The molecule has 2 aromatic heterocycles. The summed E-state index contributed by atoms with van der Waals surface area (Å²) in [5, 5.41) is 4.08. The number of nitrogens with zero attached hydrogens (tertiary/aromatic N) is 4. The van der Waals surface area contributed by atoms with Crippen molar-refractivity contribution in [3.63, 3.8) is 0 Å². The first-order chi connectivity index (χ1) is 15.1. The van der Waals surface area contributed by atoms with Gasteiger partial charge in [-0.15, -0.1) is 0 Å². The van der Waals surface area contributed by atoms with Gasteiger partial charge in [-0.1, -0.05) is 29.3 Å². The first-order valence-corrected chi connectivity index (χ1v) is 11.3. The molecule has 3 aromatic rings. The second-order valence-corrected chi connectivity index (χ2v) is 8.84. The van der Waals surface area contributed by atoms with Crippen LogP contribution in [0.4, 0.5) is 5.95 Å². The summed E-state index contributed by atoms with van der Waals surface area (Å²) in [6, 6.07) is 9.52. The molecule has 0 aliphatic carbocycles. The number of benzene rings is 1. The van der Waals surface area contributed by atoms with E-state index in [1.54, 1.807) is 12.3 Å². The zero-order valence-electron chi connectivity index (χ0n) is 16.9. The van der Waals surface area contributed by atoms with E-state index < -0.39 is 0 Å². The lowest BCUT2D eigenvalue weighted by Gasteiger charge is -2.32. The average Bonchev–Trinajstić information content (AvgIpc) is 3.42. The van der Waals surface area contributed by atoms with E-state index in [1.807, 2.05) is 28.8 Å². The maximum atomic E-state index is 12.7. The van der Waals surface area contributed by atoms with Crippen LogP contribution in [0.5, 0.6) is 0 Å². The molecule has 1 unspecified atom stereocenters. The van der Waals surface area contributed by atoms with Gasteiger partial charge in [0.1, 0.15) is 5.82 Å². The zero-order valence-corrected chi connectivity index (χ0v) is 18.4. The smallest absolute Gasteiger partial charge is 0.223 e. The van der Waals surface area contributed by atoms with Gasteiger partial charge in [0.25, 0.3) is 0 Å². The molecule has 0 saturated carbocycles. The number of hydrogen-bond donors (Lipinski definition) is 1. The van der Waals surface area contributed by atoms with Gasteiger partial charge in [-0.3, -0.25) is 9.36 Å². The number of imidazole rings is 1. The molecule has 0 spiro atoms. The summed E-state index contributed by atoms with van der Waals surface area (Å²) in [6.07, 6.45) is 4.19. The molecule has 162 valence electrons. The van der Waals surface area contributed by atoms with Crippen LogP contribution in [0.2, 0.25) is 10.0 Å². The number of halogens is 2. The van der Waals surface area contributed by atoms with Gasteiger partial charge in [0.05, 0.1) is 33.7 Å². The van der Waals surface area contributed by atoms with Crippen molar-refractivity contribution < 1.29 is 9.53 Å². The van der Waals surface area contributed by atoms with Crippen molar-refractivity contribution >= 4 is 46.1 Å². The Morgan fingerprint density at radius 1 is 1.13 bits per heavy atom. The highest BCUT2D eigenvalue weighted by Gasteiger charge is 2.30. The number of piperidine rings is 1. The number of amides is 1. The molecule has 2 aliphatic heterocycles. The number of pyridine rings is 1. The van der Waals surface area contributed by atoms with Crippen LogP contribution in [-0.2, 0) is 9.53 Å². The van der Waals surface area contributed by atoms with E-state index in [9.17, 15) is 4.79 Å². The van der Waals surface area contributed by atoms with E-state index in [4.69, 9.17) is 32.9 Å². The second kappa shape index (κ2) is 8.65. The molecular formula is C22H23Cl2N5O2. The van der Waals surface area contributed by atoms with Crippen molar-refractivity contribution in [2.75, 3.05) is 31.2 Å². The Bertz CT molecular complexity index is 1090. The van der Waals surface area contributed by atoms with E-state index in [0.717, 1.165) is 61.8 Å². The van der Waals surface area contributed by atoms with Crippen molar-refractivity contribution in [1.29, 1.82) is 0 Å². The molecular weight excluding hydrogens is 437 g/mol. The van der Waals surface area contributed by atoms with Crippen molar-refractivity contribution in [3.05, 3.63) is 46.6 Å². The van der Waals surface area contributed by atoms with Gasteiger partial charge in [-0.2, -0.15) is 0 Å². The van der Waals surface area contributed by atoms with Crippen LogP contribution in [0.3, 0.4) is 0 Å². The summed E-state index contributed by atoms with van der Waals surface area (Å²) in [4.78, 5) is 24.2. The highest BCUT2D eigenvalue weighted by Crippen LogP contribution is 2.34. The van der Waals surface area contributed by atoms with Gasteiger partial charge in [-0.25, -0.2) is 9.97 Å². The summed E-state index contributed by atoms with van der Waals surface area (Å²) in [6.45, 7) is 2.80. The molecule has 1 aromatic carbocycles. The molecule has 2 fully saturated rings. The van der Waals surface area contributed by atoms with E-state index in [1.165, 1.54) is 0 Å². The highest BCUT2D eigenvalue weighted by atomic mass is 35.5. The Labute approximate surface area is 190 Å². The summed E-state index contributed by atoms with van der Waals surface area (Å²) < 4.78 is 7.37. The van der Waals surface area contributed by atoms with E-state index in [0.29, 0.717) is 16.7 Å². The summed E-state index contributed by atoms with van der Waals surface area (Å²) in [5.41, 5.74) is 1.61. The van der Waals surface area contributed by atoms with Gasteiger partial charge in [0, 0.05) is 31.8 Å². The Balaban J connectivity index is 1.41. The number of hydrogen-bond acceptors (Lipinski definition) is 5. The topological polar surface area (TPSA) is 72.3 Å². The largest absolute Gasteiger partial charge is 0.379 e. The fraction of sp³-hybridized carbons (Fsp3) is 0.409. The van der Waals surface area contributed by atoms with Crippen LogP contribution in [0.25, 0.3) is 16.9 Å². The highest BCUT2D eigenvalue weighted by molar-refractivity contribution is 6.42. The minimum absolute atomic E-state index is 0.00779. The van der Waals surface area contributed by atoms with E-state index >= 15 is 0 Å². The molecule has 1 atom stereocenters. The Kier molecular flexibility index (Phi) is 5.73. The fourth-order valence-corrected chi connectivity index (χ4v) is 4.61. The summed E-state index contributed by atoms with van der Waals surface area (Å²) in [7, 11) is 0. The van der Waals surface area contributed by atoms with Gasteiger partial charge >= 0.3 is 0 Å². The quantitative estimate of drug-likeness (QED) is 0.641.